The molecule has 16 heavy (non-hydrogen) atoms. The molecule has 0 radical (unpaired) electrons. The fourth-order valence-electron chi connectivity index (χ4n) is 1.87. The first-order valence-electron chi connectivity index (χ1n) is 5.44. The fourth-order valence-corrected chi connectivity index (χ4v) is 2.00. The van der Waals surface area contributed by atoms with Crippen LogP contribution in [0.2, 0.25) is 5.02 Å². The van der Waals surface area contributed by atoms with Gasteiger partial charge in [0.05, 0.1) is 25.4 Å². The van der Waals surface area contributed by atoms with Crippen molar-refractivity contribution in [3.05, 3.63) is 34.9 Å². The third kappa shape index (κ3) is 2.74. The third-order valence-corrected chi connectivity index (χ3v) is 3.14. The minimum absolute atomic E-state index is 0.0191. The van der Waals surface area contributed by atoms with Gasteiger partial charge in [-0.15, -0.1) is 0 Å². The molecule has 88 valence electrons. The van der Waals surface area contributed by atoms with Gasteiger partial charge in [-0.1, -0.05) is 23.7 Å². The van der Waals surface area contributed by atoms with Crippen LogP contribution in [-0.4, -0.2) is 30.5 Å². The highest BCUT2D eigenvalue weighted by molar-refractivity contribution is 6.30. The minimum Gasteiger partial charge on any atom is -0.389 e. The lowest BCUT2D eigenvalue weighted by Crippen LogP contribution is -2.40. The first-order valence-corrected chi connectivity index (χ1v) is 5.82. The molecule has 1 aliphatic rings. The van der Waals surface area contributed by atoms with E-state index in [0.717, 1.165) is 10.6 Å². The summed E-state index contributed by atoms with van der Waals surface area (Å²) in [7, 11) is 0. The molecule has 4 heteroatoms. The highest BCUT2D eigenvalue weighted by Gasteiger charge is 2.27. The van der Waals surface area contributed by atoms with E-state index in [2.05, 4.69) is 12.2 Å². The van der Waals surface area contributed by atoms with E-state index in [1.165, 1.54) is 0 Å². The Morgan fingerprint density at radius 3 is 2.62 bits per heavy atom. The first kappa shape index (κ1) is 11.9. The summed E-state index contributed by atoms with van der Waals surface area (Å²) in [5, 5.41) is 13.7. The monoisotopic (exact) mass is 241 g/mol. The molecule has 3 atom stereocenters. The van der Waals surface area contributed by atoms with Crippen LogP contribution in [0, 0.1) is 0 Å². The summed E-state index contributed by atoms with van der Waals surface area (Å²) >= 11 is 5.83. The first-order chi connectivity index (χ1) is 7.66. The van der Waals surface area contributed by atoms with Crippen LogP contribution in [0.1, 0.15) is 18.5 Å². The summed E-state index contributed by atoms with van der Waals surface area (Å²) in [4.78, 5) is 0. The van der Waals surface area contributed by atoms with E-state index in [-0.39, 0.29) is 12.1 Å². The summed E-state index contributed by atoms with van der Waals surface area (Å²) in [5.41, 5.74) is 1.16. The molecular weight excluding hydrogens is 226 g/mol. The predicted octanol–water partition coefficient (Wildman–Crippen LogP) is 1.75. The van der Waals surface area contributed by atoms with E-state index < -0.39 is 6.10 Å². The van der Waals surface area contributed by atoms with Gasteiger partial charge in [-0.3, -0.25) is 0 Å². The molecule has 3 nitrogen and oxygen atoms in total. The van der Waals surface area contributed by atoms with E-state index in [0.29, 0.717) is 13.2 Å². The number of ether oxygens (including phenoxy) is 1. The van der Waals surface area contributed by atoms with Crippen LogP contribution in [0.3, 0.4) is 0 Å². The van der Waals surface area contributed by atoms with Gasteiger partial charge in [-0.05, 0) is 24.6 Å². The van der Waals surface area contributed by atoms with Crippen LogP contribution in [0.4, 0.5) is 0 Å². The number of hydrogen-bond acceptors (Lipinski definition) is 3. The van der Waals surface area contributed by atoms with E-state index in [9.17, 15) is 5.11 Å². The van der Waals surface area contributed by atoms with Gasteiger partial charge < -0.3 is 15.2 Å². The lowest BCUT2D eigenvalue weighted by Gasteiger charge is -2.21. The zero-order valence-electron chi connectivity index (χ0n) is 9.19. The molecule has 0 aliphatic carbocycles. The molecule has 1 heterocycles. The largest absolute Gasteiger partial charge is 0.389 e. The number of halogens is 1. The van der Waals surface area contributed by atoms with Gasteiger partial charge >= 0.3 is 0 Å². The number of aliphatic hydroxyl groups is 1. The maximum Gasteiger partial charge on any atom is 0.0948 e. The van der Waals surface area contributed by atoms with Crippen molar-refractivity contribution in [1.82, 2.24) is 5.32 Å². The smallest absolute Gasteiger partial charge is 0.0948 e. The third-order valence-electron chi connectivity index (χ3n) is 2.88. The summed E-state index contributed by atoms with van der Waals surface area (Å²) < 4.78 is 5.19. The average Bonchev–Trinajstić information content (AvgIpc) is 2.65. The fraction of sp³-hybridized carbons (Fsp3) is 0.500. The summed E-state index contributed by atoms with van der Waals surface area (Å²) in [6.07, 6.45) is -0.408. The van der Waals surface area contributed by atoms with Crippen LogP contribution in [-0.2, 0) is 4.74 Å². The van der Waals surface area contributed by atoms with Crippen molar-refractivity contribution in [3.8, 4) is 0 Å². The van der Waals surface area contributed by atoms with Crippen LogP contribution in [0.25, 0.3) is 0 Å². The van der Waals surface area contributed by atoms with Gasteiger partial charge in [0, 0.05) is 11.1 Å². The Kier molecular flexibility index (Phi) is 3.82. The van der Waals surface area contributed by atoms with Crippen LogP contribution < -0.4 is 5.32 Å². The van der Waals surface area contributed by atoms with Crippen LogP contribution >= 0.6 is 11.6 Å². The molecule has 0 amide bonds. The van der Waals surface area contributed by atoms with Crippen molar-refractivity contribution < 1.29 is 9.84 Å². The summed E-state index contributed by atoms with van der Waals surface area (Å²) in [6.45, 7) is 3.05. The summed E-state index contributed by atoms with van der Waals surface area (Å²) in [6, 6.07) is 7.92. The van der Waals surface area contributed by atoms with Crippen LogP contribution in [0.5, 0.6) is 0 Å². The van der Waals surface area contributed by atoms with Crippen molar-refractivity contribution in [1.29, 1.82) is 0 Å². The number of benzene rings is 1. The number of aliphatic hydroxyl groups excluding tert-OH is 1. The molecule has 1 aliphatic heterocycles. The van der Waals surface area contributed by atoms with E-state index in [1.54, 1.807) is 0 Å². The van der Waals surface area contributed by atoms with Crippen molar-refractivity contribution in [3.63, 3.8) is 0 Å². The van der Waals surface area contributed by atoms with Crippen molar-refractivity contribution in [2.24, 2.45) is 0 Å². The molecule has 3 unspecified atom stereocenters. The molecule has 1 aromatic rings. The Balaban J connectivity index is 1.97. The van der Waals surface area contributed by atoms with E-state index in [4.69, 9.17) is 16.3 Å². The maximum atomic E-state index is 9.62. The zero-order valence-corrected chi connectivity index (χ0v) is 9.95. The Morgan fingerprint density at radius 1 is 1.38 bits per heavy atom. The molecular formula is C12H16ClNO2. The Morgan fingerprint density at radius 2 is 2.06 bits per heavy atom. The molecule has 1 aromatic carbocycles. The standard InChI is InChI=1S/C12H16ClNO2/c1-8(9-2-4-10(13)5-3-9)14-11-6-16-7-12(11)15/h2-5,8,11-12,14-15H,6-7H2,1H3. The second kappa shape index (κ2) is 5.15. The predicted molar refractivity (Wildman–Crippen MR) is 63.6 cm³/mol. The molecule has 0 aromatic heterocycles. The van der Waals surface area contributed by atoms with Gasteiger partial charge in [-0.2, -0.15) is 0 Å². The van der Waals surface area contributed by atoms with Gasteiger partial charge in [0.1, 0.15) is 0 Å². The van der Waals surface area contributed by atoms with Gasteiger partial charge in [0.25, 0.3) is 0 Å². The maximum absolute atomic E-state index is 9.62. The molecule has 0 spiro atoms. The molecule has 0 saturated carbocycles. The zero-order chi connectivity index (χ0) is 11.5. The van der Waals surface area contributed by atoms with Crippen molar-refractivity contribution in [2.45, 2.75) is 25.1 Å². The normalized spacial score (nSPS) is 26.9. The molecule has 1 fully saturated rings. The number of nitrogens with one attached hydrogen (secondary N) is 1. The quantitative estimate of drug-likeness (QED) is 0.847. The van der Waals surface area contributed by atoms with Crippen molar-refractivity contribution in [2.75, 3.05) is 13.2 Å². The van der Waals surface area contributed by atoms with E-state index >= 15 is 0 Å². The van der Waals surface area contributed by atoms with E-state index in [1.807, 2.05) is 24.3 Å². The number of rotatable bonds is 3. The lowest BCUT2D eigenvalue weighted by molar-refractivity contribution is 0.121. The minimum atomic E-state index is -0.408. The van der Waals surface area contributed by atoms with Gasteiger partial charge in [0.2, 0.25) is 0 Å². The Hall–Kier alpha value is -0.610. The number of hydrogen-bond donors (Lipinski definition) is 2. The highest BCUT2D eigenvalue weighted by atomic mass is 35.5. The van der Waals surface area contributed by atoms with Gasteiger partial charge in [-0.25, -0.2) is 0 Å². The Labute approximate surface area is 100 Å². The Bertz CT molecular complexity index is 341. The summed E-state index contributed by atoms with van der Waals surface area (Å²) in [5.74, 6) is 0. The molecule has 2 rings (SSSR count). The SMILES string of the molecule is CC(NC1COCC1O)c1ccc(Cl)cc1. The molecule has 0 bridgehead atoms. The second-order valence-corrected chi connectivity index (χ2v) is 4.59. The van der Waals surface area contributed by atoms with Crippen LogP contribution in [0.15, 0.2) is 24.3 Å². The highest BCUT2D eigenvalue weighted by Crippen LogP contribution is 2.18. The van der Waals surface area contributed by atoms with Gasteiger partial charge in [0.15, 0.2) is 0 Å². The molecule has 1 saturated heterocycles. The molecule has 2 N–H and O–H groups in total. The second-order valence-electron chi connectivity index (χ2n) is 4.15. The average molecular weight is 242 g/mol. The topological polar surface area (TPSA) is 41.5 Å². The lowest BCUT2D eigenvalue weighted by atomic mass is 10.1. The van der Waals surface area contributed by atoms with Crippen molar-refractivity contribution >= 4 is 11.6 Å².